The van der Waals surface area contributed by atoms with E-state index in [0.717, 1.165) is 17.7 Å². The summed E-state index contributed by atoms with van der Waals surface area (Å²) in [6.07, 6.45) is 4.69. The Hall–Kier alpha value is -1.62. The Morgan fingerprint density at radius 2 is 1.68 bits per heavy atom. The minimum atomic E-state index is 0. The predicted molar refractivity (Wildman–Crippen MR) is 134 cm³/mol. The Kier molecular flexibility index (Phi) is 9.80. The molecule has 2 heterocycles. The maximum Gasteiger partial charge on any atom is 0.0642 e. The van der Waals surface area contributed by atoms with E-state index in [-0.39, 0.29) is 30.7 Å². The molecule has 4 rings (SSSR count). The molecule has 7 heteroatoms. The molecule has 1 unspecified atom stereocenters. The summed E-state index contributed by atoms with van der Waals surface area (Å²) in [7, 11) is 1.76. The van der Waals surface area contributed by atoms with Gasteiger partial charge in [0.05, 0.1) is 23.2 Å². The normalized spacial score (nSPS) is 13.3. The third-order valence-corrected chi connectivity index (χ3v) is 6.06. The van der Waals surface area contributed by atoms with E-state index in [1.54, 1.807) is 19.5 Å². The zero-order chi connectivity index (χ0) is 20.2. The number of aromatic nitrogens is 1. The molecule has 1 aliphatic rings. The maximum absolute atomic E-state index is 6.33. The Bertz CT molecular complexity index is 1020. The van der Waals surface area contributed by atoms with Gasteiger partial charge in [-0.05, 0) is 27.8 Å². The molecule has 31 heavy (non-hydrogen) atoms. The monoisotopic (exact) mass is 496 g/mol. The summed E-state index contributed by atoms with van der Waals surface area (Å²) in [5.74, 6) is 0.184. The molecule has 0 radical (unpaired) electrons. The van der Waals surface area contributed by atoms with E-state index in [0.29, 0.717) is 29.6 Å². The highest BCUT2D eigenvalue weighted by Crippen LogP contribution is 2.33. The number of pyridine rings is 1. The third-order valence-electron chi connectivity index (χ3n) is 5.41. The van der Waals surface area contributed by atoms with Crippen molar-refractivity contribution in [3.63, 3.8) is 0 Å². The largest absolute Gasteiger partial charge is 0.384 e. The minimum Gasteiger partial charge on any atom is -0.384 e. The summed E-state index contributed by atoms with van der Waals surface area (Å²) in [6, 6.07) is 17.0. The lowest BCUT2D eigenvalue weighted by molar-refractivity contribution is 0.189. The molecule has 1 aromatic heterocycles. The summed E-state index contributed by atoms with van der Waals surface area (Å²) in [6.45, 7) is 1.31. The van der Waals surface area contributed by atoms with Crippen molar-refractivity contribution in [2.45, 2.75) is 25.3 Å². The van der Waals surface area contributed by atoms with Gasteiger partial charge >= 0.3 is 0 Å². The number of rotatable bonds is 6. The highest BCUT2D eigenvalue weighted by molar-refractivity contribution is 6.36. The lowest BCUT2D eigenvalue weighted by Gasteiger charge is -2.25. The molecule has 0 fully saturated rings. The number of nitrogens with zero attached hydrogens (tertiary/aromatic N) is 2. The van der Waals surface area contributed by atoms with E-state index in [1.165, 1.54) is 22.3 Å². The van der Waals surface area contributed by atoms with Crippen LogP contribution in [-0.4, -0.2) is 24.4 Å². The molecule has 3 nitrogen and oxygen atoms in total. The second-order valence-corrected chi connectivity index (χ2v) is 8.04. The van der Waals surface area contributed by atoms with Gasteiger partial charge in [0.25, 0.3) is 0 Å². The van der Waals surface area contributed by atoms with Gasteiger partial charge in [-0.1, -0.05) is 71.7 Å². The molecule has 0 spiro atoms. The van der Waals surface area contributed by atoms with Crippen molar-refractivity contribution in [1.82, 2.24) is 4.98 Å². The summed E-state index contributed by atoms with van der Waals surface area (Å²) < 4.78 is 5.59. The minimum absolute atomic E-state index is 0. The molecule has 0 saturated heterocycles. The molecule has 0 aliphatic carbocycles. The van der Waals surface area contributed by atoms with Crippen LogP contribution in [0, 0.1) is 0 Å². The number of halogens is 4. The van der Waals surface area contributed by atoms with Gasteiger partial charge in [-0.2, -0.15) is 0 Å². The average molecular weight is 498 g/mol. The van der Waals surface area contributed by atoms with Crippen LogP contribution in [-0.2, 0) is 24.1 Å². The van der Waals surface area contributed by atoms with Crippen molar-refractivity contribution in [2.24, 2.45) is 4.99 Å². The van der Waals surface area contributed by atoms with Gasteiger partial charge in [0.15, 0.2) is 0 Å². The van der Waals surface area contributed by atoms with Crippen LogP contribution in [0.5, 0.6) is 0 Å². The molecule has 164 valence electrons. The highest BCUT2D eigenvalue weighted by Gasteiger charge is 2.23. The summed E-state index contributed by atoms with van der Waals surface area (Å²) in [4.78, 5) is 8.86. The predicted octanol–water partition coefficient (Wildman–Crippen LogP) is 6.75. The smallest absolute Gasteiger partial charge is 0.0642 e. The summed E-state index contributed by atoms with van der Waals surface area (Å²) in [5, 5.41) is 1.17. The lowest BCUT2D eigenvalue weighted by Crippen LogP contribution is -2.19. The van der Waals surface area contributed by atoms with Crippen LogP contribution in [0.1, 0.15) is 33.7 Å². The molecule has 3 aromatic rings. The number of aliphatic imine (C=N–C) groups is 1. The van der Waals surface area contributed by atoms with Crippen LogP contribution in [0.4, 0.5) is 0 Å². The Morgan fingerprint density at radius 3 is 2.35 bits per heavy atom. The molecule has 0 saturated carbocycles. The van der Waals surface area contributed by atoms with Crippen molar-refractivity contribution in [3.8, 4) is 0 Å². The van der Waals surface area contributed by atoms with Gasteiger partial charge in [-0.15, -0.1) is 24.8 Å². The first-order valence-electron chi connectivity index (χ1n) is 9.62. The van der Waals surface area contributed by atoms with Gasteiger partial charge in [-0.25, -0.2) is 0 Å². The van der Waals surface area contributed by atoms with E-state index < -0.39 is 0 Å². The van der Waals surface area contributed by atoms with Crippen LogP contribution in [0.15, 0.2) is 65.9 Å². The number of benzene rings is 2. The fourth-order valence-corrected chi connectivity index (χ4v) is 4.45. The first-order chi connectivity index (χ1) is 14.2. The molecule has 0 amide bonds. The van der Waals surface area contributed by atoms with E-state index in [9.17, 15) is 0 Å². The fourth-order valence-electron chi connectivity index (χ4n) is 3.95. The molecule has 2 aromatic carbocycles. The second-order valence-electron chi connectivity index (χ2n) is 7.22. The lowest BCUT2D eigenvalue weighted by atomic mass is 9.83. The number of fused-ring (bicyclic) bond motifs is 1. The number of hydrogen-bond acceptors (Lipinski definition) is 3. The Labute approximate surface area is 205 Å². The van der Waals surface area contributed by atoms with E-state index >= 15 is 0 Å². The number of ether oxygens (including phenoxy) is 1. The molecular weight excluding hydrogens is 474 g/mol. The quantitative estimate of drug-likeness (QED) is 0.377. The van der Waals surface area contributed by atoms with Crippen LogP contribution >= 0.6 is 48.0 Å². The fraction of sp³-hybridized carbons (Fsp3) is 0.250. The van der Waals surface area contributed by atoms with Crippen LogP contribution in [0.25, 0.3) is 0 Å². The van der Waals surface area contributed by atoms with Gasteiger partial charge < -0.3 is 4.74 Å². The standard InChI is InChI=1S/C24H22Cl2N2O.2ClH/c1-29-15-22(16-6-3-2-4-7-16)19-9-5-8-17-12-28-18(10-20(17)19)11-21-23(25)13-27-14-24(21)26;;/h2-9,13-14,22H,10-12,15H2,1H3;2*1H. The molecule has 0 bridgehead atoms. The average Bonchev–Trinajstić information content (AvgIpc) is 2.75. The molecule has 1 aliphatic heterocycles. The van der Waals surface area contributed by atoms with Crippen molar-refractivity contribution >= 4 is 53.7 Å². The van der Waals surface area contributed by atoms with Gasteiger partial charge in [0, 0.05) is 44.0 Å². The van der Waals surface area contributed by atoms with Gasteiger partial charge in [0.1, 0.15) is 0 Å². The zero-order valence-electron chi connectivity index (χ0n) is 17.1. The zero-order valence-corrected chi connectivity index (χ0v) is 20.2. The first kappa shape index (κ1) is 25.6. The van der Waals surface area contributed by atoms with E-state index in [2.05, 4.69) is 47.4 Å². The van der Waals surface area contributed by atoms with Gasteiger partial charge in [-0.3, -0.25) is 9.98 Å². The maximum atomic E-state index is 6.33. The first-order valence-corrected chi connectivity index (χ1v) is 10.4. The second kappa shape index (κ2) is 11.8. The van der Waals surface area contributed by atoms with Crippen molar-refractivity contribution in [3.05, 3.63) is 98.8 Å². The van der Waals surface area contributed by atoms with Gasteiger partial charge in [0.2, 0.25) is 0 Å². The van der Waals surface area contributed by atoms with E-state index in [4.69, 9.17) is 32.9 Å². The SMILES string of the molecule is COCC(c1ccccc1)c1cccc2c1CC(Cc1c(Cl)cncc1Cl)=NC2.Cl.Cl. The third kappa shape index (κ3) is 5.79. The van der Waals surface area contributed by atoms with Crippen molar-refractivity contribution in [2.75, 3.05) is 13.7 Å². The molecule has 0 N–H and O–H groups in total. The molecular formula is C24H24Cl4N2O. The summed E-state index contributed by atoms with van der Waals surface area (Å²) >= 11 is 12.7. The van der Waals surface area contributed by atoms with Crippen molar-refractivity contribution < 1.29 is 4.74 Å². The van der Waals surface area contributed by atoms with Crippen LogP contribution in [0.3, 0.4) is 0 Å². The Morgan fingerprint density at radius 1 is 0.968 bits per heavy atom. The topological polar surface area (TPSA) is 34.5 Å². The summed E-state index contributed by atoms with van der Waals surface area (Å²) in [5.41, 5.74) is 7.14. The van der Waals surface area contributed by atoms with E-state index in [1.807, 2.05) is 6.07 Å². The number of hydrogen-bond donors (Lipinski definition) is 0. The Balaban J connectivity index is 0.00000171. The highest BCUT2D eigenvalue weighted by atomic mass is 35.5. The number of methoxy groups -OCH3 is 1. The van der Waals surface area contributed by atoms with Crippen LogP contribution in [0.2, 0.25) is 10.0 Å². The molecule has 1 atom stereocenters. The van der Waals surface area contributed by atoms with Crippen molar-refractivity contribution in [1.29, 1.82) is 0 Å². The van der Waals surface area contributed by atoms with Crippen LogP contribution < -0.4 is 0 Å².